The highest BCUT2D eigenvalue weighted by molar-refractivity contribution is 5.70. The highest BCUT2D eigenvalue weighted by atomic mass is 15.2. The number of aromatic nitrogens is 3. The fourth-order valence-corrected chi connectivity index (χ4v) is 2.30. The first kappa shape index (κ1) is 14.6. The summed E-state index contributed by atoms with van der Waals surface area (Å²) in [5, 5.41) is 0. The first-order valence-electron chi connectivity index (χ1n) is 7.22. The molecule has 0 saturated carbocycles. The van der Waals surface area contributed by atoms with Crippen molar-refractivity contribution in [3.63, 3.8) is 0 Å². The highest BCUT2D eigenvalue weighted by Gasteiger charge is 2.25. The van der Waals surface area contributed by atoms with E-state index in [0.717, 1.165) is 42.3 Å². The van der Waals surface area contributed by atoms with Crippen LogP contribution in [0.25, 0.3) is 11.3 Å². The summed E-state index contributed by atoms with van der Waals surface area (Å²) in [4.78, 5) is 8.96. The van der Waals surface area contributed by atoms with Crippen LogP contribution >= 0.6 is 0 Å². The van der Waals surface area contributed by atoms with Crippen LogP contribution in [-0.4, -0.2) is 14.5 Å². The van der Waals surface area contributed by atoms with Gasteiger partial charge in [0.1, 0.15) is 17.3 Å². The van der Waals surface area contributed by atoms with E-state index >= 15 is 0 Å². The van der Waals surface area contributed by atoms with Crippen molar-refractivity contribution in [3.8, 4) is 11.3 Å². The summed E-state index contributed by atoms with van der Waals surface area (Å²) in [6.07, 6.45) is 5.83. The smallest absolute Gasteiger partial charge is 0.131 e. The number of hydrogen-bond acceptors (Lipinski definition) is 3. The van der Waals surface area contributed by atoms with Crippen LogP contribution < -0.4 is 5.73 Å². The van der Waals surface area contributed by atoms with Crippen molar-refractivity contribution < 1.29 is 0 Å². The minimum absolute atomic E-state index is 0.0255. The van der Waals surface area contributed by atoms with Gasteiger partial charge in [0.15, 0.2) is 0 Å². The predicted molar refractivity (Wildman–Crippen MR) is 83.5 cm³/mol. The average molecular weight is 272 g/mol. The molecule has 0 aliphatic rings. The molecule has 0 aromatic carbocycles. The van der Waals surface area contributed by atoms with Crippen LogP contribution in [0, 0.1) is 0 Å². The Hall–Kier alpha value is -1.84. The Labute approximate surface area is 121 Å². The van der Waals surface area contributed by atoms with Crippen LogP contribution in [0.3, 0.4) is 0 Å². The molecule has 2 aromatic heterocycles. The molecule has 0 fully saturated rings. The van der Waals surface area contributed by atoms with Crippen LogP contribution in [0.1, 0.15) is 46.4 Å². The monoisotopic (exact) mass is 272 g/mol. The fraction of sp³-hybridized carbons (Fsp3) is 0.500. The van der Waals surface area contributed by atoms with Crippen molar-refractivity contribution in [3.05, 3.63) is 30.4 Å². The van der Waals surface area contributed by atoms with Gasteiger partial charge in [0.2, 0.25) is 0 Å². The molecule has 2 aromatic rings. The molecule has 20 heavy (non-hydrogen) atoms. The first-order chi connectivity index (χ1) is 9.45. The number of anilines is 1. The molecular weight excluding hydrogens is 248 g/mol. The van der Waals surface area contributed by atoms with Crippen molar-refractivity contribution in [2.24, 2.45) is 0 Å². The molecule has 2 N–H and O–H groups in total. The number of rotatable bonds is 4. The van der Waals surface area contributed by atoms with Crippen LogP contribution in [0.15, 0.2) is 24.5 Å². The maximum absolute atomic E-state index is 6.35. The lowest BCUT2D eigenvalue weighted by molar-refractivity contribution is 0.491. The third kappa shape index (κ3) is 2.84. The number of imidazole rings is 1. The second-order valence-electron chi connectivity index (χ2n) is 6.17. The van der Waals surface area contributed by atoms with Gasteiger partial charge < -0.3 is 10.3 Å². The second kappa shape index (κ2) is 5.65. The standard InChI is InChI=1S/C16H24N4/c1-5-6-10-20-14(17)13(12-8-7-9-18-11-12)19-15(20)16(2,3)4/h7-9,11H,5-6,10,17H2,1-4H3. The number of nitrogens with zero attached hydrogens (tertiary/aromatic N) is 3. The van der Waals surface area contributed by atoms with Gasteiger partial charge in [-0.25, -0.2) is 4.98 Å². The predicted octanol–water partition coefficient (Wildman–Crippen LogP) is 3.62. The first-order valence-corrected chi connectivity index (χ1v) is 7.22. The van der Waals surface area contributed by atoms with Crippen molar-refractivity contribution in [2.45, 2.75) is 52.5 Å². The average Bonchev–Trinajstić information content (AvgIpc) is 2.74. The molecule has 2 heterocycles. The van der Waals surface area contributed by atoms with Crippen molar-refractivity contribution in [1.29, 1.82) is 0 Å². The number of pyridine rings is 1. The number of hydrogen-bond donors (Lipinski definition) is 1. The molecule has 4 nitrogen and oxygen atoms in total. The maximum atomic E-state index is 6.35. The van der Waals surface area contributed by atoms with Crippen LogP contribution in [0.2, 0.25) is 0 Å². The summed E-state index contributed by atoms with van der Waals surface area (Å²) >= 11 is 0. The lowest BCUT2D eigenvalue weighted by Gasteiger charge is -2.20. The number of unbranched alkanes of at least 4 members (excludes halogenated alkanes) is 1. The minimum Gasteiger partial charge on any atom is -0.383 e. The van der Waals surface area contributed by atoms with E-state index in [1.807, 2.05) is 18.3 Å². The molecule has 4 heteroatoms. The third-order valence-electron chi connectivity index (χ3n) is 3.35. The van der Waals surface area contributed by atoms with Gasteiger partial charge in [0.05, 0.1) is 0 Å². The third-order valence-corrected chi connectivity index (χ3v) is 3.35. The SMILES string of the molecule is CCCCn1c(C(C)(C)C)nc(-c2cccnc2)c1N. The van der Waals surface area contributed by atoms with E-state index < -0.39 is 0 Å². The summed E-state index contributed by atoms with van der Waals surface area (Å²) < 4.78 is 2.16. The largest absolute Gasteiger partial charge is 0.383 e. The van der Waals surface area contributed by atoms with E-state index in [2.05, 4.69) is 37.2 Å². The molecule has 0 bridgehead atoms. The van der Waals surface area contributed by atoms with Crippen molar-refractivity contribution >= 4 is 5.82 Å². The summed E-state index contributed by atoms with van der Waals surface area (Å²) in [5.41, 5.74) is 8.14. The molecule has 0 unspecified atom stereocenters. The summed E-state index contributed by atoms with van der Waals surface area (Å²) in [7, 11) is 0. The highest BCUT2D eigenvalue weighted by Crippen LogP contribution is 2.31. The van der Waals surface area contributed by atoms with Crippen LogP contribution in [-0.2, 0) is 12.0 Å². The Balaban J connectivity index is 2.53. The Kier molecular flexibility index (Phi) is 4.12. The van der Waals surface area contributed by atoms with Crippen LogP contribution in [0.4, 0.5) is 5.82 Å². The topological polar surface area (TPSA) is 56.7 Å². The molecule has 2 rings (SSSR count). The zero-order valence-electron chi connectivity index (χ0n) is 12.8. The second-order valence-corrected chi connectivity index (χ2v) is 6.17. The minimum atomic E-state index is -0.0255. The van der Waals surface area contributed by atoms with E-state index in [0.29, 0.717) is 0 Å². The summed E-state index contributed by atoms with van der Waals surface area (Å²) in [6.45, 7) is 9.62. The van der Waals surface area contributed by atoms with Crippen LogP contribution in [0.5, 0.6) is 0 Å². The van der Waals surface area contributed by atoms with Gasteiger partial charge >= 0.3 is 0 Å². The molecule has 0 aliphatic heterocycles. The van der Waals surface area contributed by atoms with Gasteiger partial charge in [-0.2, -0.15) is 0 Å². The van der Waals surface area contributed by atoms with Gasteiger partial charge in [-0.15, -0.1) is 0 Å². The summed E-state index contributed by atoms with van der Waals surface area (Å²) in [5.74, 6) is 1.79. The lowest BCUT2D eigenvalue weighted by atomic mass is 9.95. The zero-order valence-corrected chi connectivity index (χ0v) is 12.8. The van der Waals surface area contributed by atoms with Crippen molar-refractivity contribution in [1.82, 2.24) is 14.5 Å². The van der Waals surface area contributed by atoms with E-state index in [1.165, 1.54) is 0 Å². The van der Waals surface area contributed by atoms with Gasteiger partial charge in [0, 0.05) is 29.9 Å². The van der Waals surface area contributed by atoms with Gasteiger partial charge in [-0.1, -0.05) is 34.1 Å². The summed E-state index contributed by atoms with van der Waals surface area (Å²) in [6, 6.07) is 3.92. The molecule has 0 aliphatic carbocycles. The van der Waals surface area contributed by atoms with E-state index in [-0.39, 0.29) is 5.41 Å². The molecule has 0 spiro atoms. The molecular formula is C16H24N4. The lowest BCUT2D eigenvalue weighted by Crippen LogP contribution is -2.20. The normalized spacial score (nSPS) is 11.8. The zero-order chi connectivity index (χ0) is 14.8. The Morgan fingerprint density at radius 3 is 2.60 bits per heavy atom. The molecule has 108 valence electrons. The number of nitrogen functional groups attached to an aromatic ring is 1. The quantitative estimate of drug-likeness (QED) is 0.924. The Bertz CT molecular complexity index is 564. The fourth-order valence-electron chi connectivity index (χ4n) is 2.30. The molecule has 0 amide bonds. The Morgan fingerprint density at radius 1 is 1.30 bits per heavy atom. The maximum Gasteiger partial charge on any atom is 0.131 e. The molecule has 0 saturated heterocycles. The number of nitrogens with two attached hydrogens (primary N) is 1. The Morgan fingerprint density at radius 2 is 2.05 bits per heavy atom. The molecule has 0 atom stereocenters. The van der Waals surface area contributed by atoms with Gasteiger partial charge in [-0.3, -0.25) is 4.98 Å². The van der Waals surface area contributed by atoms with E-state index in [1.54, 1.807) is 6.20 Å². The van der Waals surface area contributed by atoms with Gasteiger partial charge in [-0.05, 0) is 18.6 Å². The van der Waals surface area contributed by atoms with Crippen molar-refractivity contribution in [2.75, 3.05) is 5.73 Å². The molecule has 0 radical (unpaired) electrons. The van der Waals surface area contributed by atoms with E-state index in [9.17, 15) is 0 Å². The van der Waals surface area contributed by atoms with E-state index in [4.69, 9.17) is 10.7 Å². The van der Waals surface area contributed by atoms with Gasteiger partial charge in [0.25, 0.3) is 0 Å².